The molecule has 2 amide bonds. The van der Waals surface area contributed by atoms with Crippen LogP contribution >= 0.6 is 23.1 Å². The number of aliphatic carboxylic acids is 1. The molecule has 7 heteroatoms. The first-order chi connectivity index (χ1) is 9.47. The Balaban J connectivity index is 2.61. The lowest BCUT2D eigenvalue weighted by atomic mass is 10.2. The lowest BCUT2D eigenvalue weighted by Crippen LogP contribution is -2.47. The summed E-state index contributed by atoms with van der Waals surface area (Å²) >= 11 is 3.14. The van der Waals surface area contributed by atoms with E-state index in [-0.39, 0.29) is 12.1 Å². The van der Waals surface area contributed by atoms with Crippen LogP contribution in [0.3, 0.4) is 0 Å². The number of rotatable bonds is 7. The van der Waals surface area contributed by atoms with Crippen molar-refractivity contribution in [3.63, 3.8) is 0 Å². The van der Waals surface area contributed by atoms with Gasteiger partial charge in [0, 0.05) is 11.9 Å². The van der Waals surface area contributed by atoms with Gasteiger partial charge < -0.3 is 15.3 Å². The van der Waals surface area contributed by atoms with Crippen molar-refractivity contribution < 1.29 is 14.7 Å². The Bertz CT molecular complexity index is 437. The topological polar surface area (TPSA) is 69.6 Å². The molecule has 5 nitrogen and oxygen atoms in total. The number of carbonyl (C=O) groups is 2. The zero-order chi connectivity index (χ0) is 15.1. The molecule has 0 aliphatic carbocycles. The number of amides is 2. The summed E-state index contributed by atoms with van der Waals surface area (Å²) in [5, 5.41) is 13.6. The van der Waals surface area contributed by atoms with E-state index in [1.54, 1.807) is 30.1 Å². The van der Waals surface area contributed by atoms with E-state index in [0.717, 1.165) is 4.88 Å². The fourth-order valence-electron chi connectivity index (χ4n) is 1.64. The molecule has 1 unspecified atom stereocenters. The predicted molar refractivity (Wildman–Crippen MR) is 83.5 cm³/mol. The van der Waals surface area contributed by atoms with Crippen LogP contribution in [0, 0.1) is 0 Å². The Kier molecular flexibility index (Phi) is 6.87. The maximum atomic E-state index is 12.1. The van der Waals surface area contributed by atoms with Gasteiger partial charge in [0.15, 0.2) is 0 Å². The van der Waals surface area contributed by atoms with Gasteiger partial charge in [-0.05, 0) is 36.8 Å². The fraction of sp³-hybridized carbons (Fsp3) is 0.538. The van der Waals surface area contributed by atoms with E-state index in [4.69, 9.17) is 5.11 Å². The summed E-state index contributed by atoms with van der Waals surface area (Å²) in [6.07, 6.45) is 2.33. The van der Waals surface area contributed by atoms with E-state index >= 15 is 0 Å². The van der Waals surface area contributed by atoms with Crippen LogP contribution in [0.25, 0.3) is 0 Å². The molecule has 0 radical (unpaired) electrons. The number of carbonyl (C=O) groups excluding carboxylic acids is 1. The van der Waals surface area contributed by atoms with Crippen molar-refractivity contribution >= 4 is 35.1 Å². The van der Waals surface area contributed by atoms with Gasteiger partial charge in [-0.2, -0.15) is 11.8 Å². The summed E-state index contributed by atoms with van der Waals surface area (Å²) in [4.78, 5) is 25.8. The Morgan fingerprint density at radius 3 is 2.75 bits per heavy atom. The molecule has 0 spiro atoms. The third kappa shape index (κ3) is 4.72. The molecule has 0 saturated heterocycles. The summed E-state index contributed by atoms with van der Waals surface area (Å²) in [5.41, 5.74) is 0. The number of hydrogen-bond donors (Lipinski definition) is 2. The lowest BCUT2D eigenvalue weighted by Gasteiger charge is -2.26. The highest BCUT2D eigenvalue weighted by Gasteiger charge is 2.24. The normalized spacial score (nSPS) is 13.6. The van der Waals surface area contributed by atoms with Gasteiger partial charge in [0.1, 0.15) is 6.04 Å². The molecule has 0 bridgehead atoms. The number of urea groups is 1. The number of thiophene rings is 1. The van der Waals surface area contributed by atoms with Crippen molar-refractivity contribution in [2.24, 2.45) is 0 Å². The summed E-state index contributed by atoms with van der Waals surface area (Å²) in [6, 6.07) is 2.61. The average Bonchev–Trinajstić information content (AvgIpc) is 2.95. The third-order valence-corrected chi connectivity index (χ3v) is 4.75. The van der Waals surface area contributed by atoms with E-state index in [0.29, 0.717) is 12.2 Å². The lowest BCUT2D eigenvalue weighted by molar-refractivity contribution is -0.139. The minimum absolute atomic E-state index is 0.0787. The second-order valence-electron chi connectivity index (χ2n) is 4.42. The first kappa shape index (κ1) is 16.8. The molecule has 2 atom stereocenters. The highest BCUT2D eigenvalue weighted by Crippen LogP contribution is 2.23. The number of carboxylic acid groups (broad SMARTS) is 1. The second-order valence-corrected chi connectivity index (χ2v) is 6.39. The van der Waals surface area contributed by atoms with Crippen molar-refractivity contribution in [2.75, 3.05) is 19.1 Å². The summed E-state index contributed by atoms with van der Waals surface area (Å²) in [5.74, 6) is -0.300. The highest BCUT2D eigenvalue weighted by molar-refractivity contribution is 7.98. The van der Waals surface area contributed by atoms with Crippen LogP contribution in [0.1, 0.15) is 24.3 Å². The van der Waals surface area contributed by atoms with Crippen molar-refractivity contribution in [1.29, 1.82) is 0 Å². The molecule has 1 heterocycles. The van der Waals surface area contributed by atoms with E-state index in [9.17, 15) is 9.59 Å². The van der Waals surface area contributed by atoms with Gasteiger partial charge in [-0.3, -0.25) is 0 Å². The largest absolute Gasteiger partial charge is 0.480 e. The summed E-state index contributed by atoms with van der Waals surface area (Å²) in [7, 11) is 1.67. The molecule has 0 aromatic carbocycles. The van der Waals surface area contributed by atoms with Crippen molar-refractivity contribution in [3.05, 3.63) is 22.4 Å². The van der Waals surface area contributed by atoms with Crippen molar-refractivity contribution in [1.82, 2.24) is 10.2 Å². The van der Waals surface area contributed by atoms with Gasteiger partial charge in [0.2, 0.25) is 0 Å². The highest BCUT2D eigenvalue weighted by atomic mass is 32.2. The van der Waals surface area contributed by atoms with Gasteiger partial charge in [-0.25, -0.2) is 9.59 Å². The van der Waals surface area contributed by atoms with Crippen LogP contribution in [-0.4, -0.2) is 47.1 Å². The Hall–Kier alpha value is -1.21. The quantitative estimate of drug-likeness (QED) is 0.811. The van der Waals surface area contributed by atoms with Gasteiger partial charge in [-0.1, -0.05) is 6.07 Å². The SMILES string of the molecule is CSCC[C@@H](NC(=O)N(C)C(C)c1cccs1)C(=O)O. The molecule has 20 heavy (non-hydrogen) atoms. The van der Waals surface area contributed by atoms with Gasteiger partial charge in [-0.15, -0.1) is 11.3 Å². The number of nitrogens with one attached hydrogen (secondary N) is 1. The van der Waals surface area contributed by atoms with Gasteiger partial charge in [0.25, 0.3) is 0 Å². The molecule has 1 aromatic rings. The molecular formula is C13H20N2O3S2. The number of nitrogens with zero attached hydrogens (tertiary/aromatic N) is 1. The maximum absolute atomic E-state index is 12.1. The molecule has 2 N–H and O–H groups in total. The predicted octanol–water partition coefficient (Wildman–Crippen LogP) is 2.66. The van der Waals surface area contributed by atoms with Gasteiger partial charge in [0.05, 0.1) is 6.04 Å². The Morgan fingerprint density at radius 2 is 2.25 bits per heavy atom. The van der Waals surface area contributed by atoms with E-state index in [1.807, 2.05) is 30.7 Å². The maximum Gasteiger partial charge on any atom is 0.326 e. The van der Waals surface area contributed by atoms with Crippen LogP contribution in [0.4, 0.5) is 4.79 Å². The van der Waals surface area contributed by atoms with E-state index in [2.05, 4.69) is 5.32 Å². The minimum Gasteiger partial charge on any atom is -0.480 e. The molecule has 0 saturated carbocycles. The molecule has 0 fully saturated rings. The molecule has 1 aromatic heterocycles. The molecular weight excluding hydrogens is 296 g/mol. The molecule has 0 aliphatic heterocycles. The Morgan fingerprint density at radius 1 is 1.55 bits per heavy atom. The smallest absolute Gasteiger partial charge is 0.326 e. The molecule has 1 rings (SSSR count). The first-order valence-corrected chi connectivity index (χ1v) is 8.53. The van der Waals surface area contributed by atoms with E-state index in [1.165, 1.54) is 4.90 Å². The zero-order valence-electron chi connectivity index (χ0n) is 11.8. The number of hydrogen-bond acceptors (Lipinski definition) is 4. The standard InChI is InChI=1S/C13H20N2O3S2/c1-9(11-5-4-7-20-11)15(2)13(18)14-10(12(16)17)6-8-19-3/h4-5,7,9-10H,6,8H2,1-3H3,(H,14,18)(H,16,17)/t9?,10-/m1/s1. The van der Waals surface area contributed by atoms with Crippen molar-refractivity contribution in [3.8, 4) is 0 Å². The van der Waals surface area contributed by atoms with Gasteiger partial charge >= 0.3 is 12.0 Å². The van der Waals surface area contributed by atoms with Crippen LogP contribution in [0.15, 0.2) is 17.5 Å². The molecule has 112 valence electrons. The minimum atomic E-state index is -0.996. The Labute approximate surface area is 127 Å². The first-order valence-electron chi connectivity index (χ1n) is 6.25. The molecule has 0 aliphatic rings. The van der Waals surface area contributed by atoms with Crippen LogP contribution < -0.4 is 5.32 Å². The van der Waals surface area contributed by atoms with Crippen LogP contribution in [-0.2, 0) is 4.79 Å². The second kappa shape index (κ2) is 8.16. The number of carboxylic acids is 1. The third-order valence-electron chi connectivity index (χ3n) is 3.06. The van der Waals surface area contributed by atoms with Crippen molar-refractivity contribution in [2.45, 2.75) is 25.4 Å². The van der Waals surface area contributed by atoms with E-state index < -0.39 is 12.0 Å². The summed E-state index contributed by atoms with van der Waals surface area (Å²) in [6.45, 7) is 1.92. The monoisotopic (exact) mass is 316 g/mol. The van der Waals surface area contributed by atoms with Crippen LogP contribution in [0.5, 0.6) is 0 Å². The fourth-order valence-corrected chi connectivity index (χ4v) is 2.94. The number of thioether (sulfide) groups is 1. The summed E-state index contributed by atoms with van der Waals surface area (Å²) < 4.78 is 0. The zero-order valence-corrected chi connectivity index (χ0v) is 13.5. The average molecular weight is 316 g/mol. The van der Waals surface area contributed by atoms with Crippen LogP contribution in [0.2, 0.25) is 0 Å².